The fourth-order valence-electron chi connectivity index (χ4n) is 4.25. The van der Waals surface area contributed by atoms with Gasteiger partial charge in [0.05, 0.1) is 18.8 Å². The van der Waals surface area contributed by atoms with Gasteiger partial charge in [0.2, 0.25) is 5.91 Å². The number of anilines is 1. The van der Waals surface area contributed by atoms with Crippen LogP contribution in [-0.4, -0.2) is 44.8 Å². The molecule has 1 amide bonds. The maximum atomic E-state index is 12.8. The van der Waals surface area contributed by atoms with Gasteiger partial charge in [0.25, 0.3) is 0 Å². The van der Waals surface area contributed by atoms with Crippen LogP contribution in [0.4, 0.5) is 18.9 Å². The molecule has 1 N–H and O–H groups in total. The van der Waals surface area contributed by atoms with Gasteiger partial charge in [-0.1, -0.05) is 6.07 Å². The molecule has 0 bridgehead atoms. The van der Waals surface area contributed by atoms with Crippen LogP contribution >= 0.6 is 0 Å². The molecule has 0 unspecified atom stereocenters. The van der Waals surface area contributed by atoms with Crippen molar-refractivity contribution in [2.45, 2.75) is 38.0 Å². The van der Waals surface area contributed by atoms with Gasteiger partial charge in [-0.3, -0.25) is 19.4 Å². The molecule has 6 nitrogen and oxygen atoms in total. The highest BCUT2D eigenvalue weighted by Gasteiger charge is 2.32. The van der Waals surface area contributed by atoms with Crippen LogP contribution in [0.15, 0.2) is 55.1 Å². The molecule has 1 aromatic carbocycles. The molecule has 9 heteroatoms. The Balaban J connectivity index is 1.26. The Hall–Kier alpha value is -3.46. The van der Waals surface area contributed by atoms with E-state index < -0.39 is 12.7 Å². The van der Waals surface area contributed by atoms with Crippen molar-refractivity contribution in [2.75, 3.05) is 18.4 Å². The molecule has 1 aliphatic heterocycles. The lowest BCUT2D eigenvalue weighted by Gasteiger charge is -2.29. The normalized spacial score (nSPS) is 16.6. The fraction of sp³-hybridized carbons (Fsp3) is 0.320. The van der Waals surface area contributed by atoms with Gasteiger partial charge in [-0.2, -0.15) is 18.3 Å². The molecule has 3 aromatic rings. The zero-order valence-electron chi connectivity index (χ0n) is 18.4. The van der Waals surface area contributed by atoms with Gasteiger partial charge >= 0.3 is 6.18 Å². The first-order valence-corrected chi connectivity index (χ1v) is 11.2. The summed E-state index contributed by atoms with van der Waals surface area (Å²) in [5.74, 6) is -0.327. The van der Waals surface area contributed by atoms with Crippen LogP contribution in [-0.2, 0) is 17.8 Å². The standard InChI is InChI=1S/C25H24F3N5O/c26-25(27,28)16-32-10-8-17-1-3-21(11-19(17)14-32)31-24(34)6-2-18-12-29-9-7-23(18)20-13-30-33(15-20)22-4-5-22/h1-3,6-7,9,11-13,15,22H,4-5,8,10,14,16H2,(H,31,34). The lowest BCUT2D eigenvalue weighted by atomic mass is 9.99. The van der Waals surface area contributed by atoms with Crippen LogP contribution in [0.25, 0.3) is 17.2 Å². The number of nitrogens with one attached hydrogen (secondary N) is 1. The largest absolute Gasteiger partial charge is 0.401 e. The second-order valence-corrected chi connectivity index (χ2v) is 8.79. The number of pyridine rings is 1. The van der Waals surface area contributed by atoms with Crippen molar-refractivity contribution in [1.82, 2.24) is 19.7 Å². The second-order valence-electron chi connectivity index (χ2n) is 8.79. The minimum Gasteiger partial charge on any atom is -0.323 e. The first-order chi connectivity index (χ1) is 16.3. The van der Waals surface area contributed by atoms with E-state index in [1.54, 1.807) is 30.6 Å². The maximum Gasteiger partial charge on any atom is 0.401 e. The second kappa shape index (κ2) is 9.06. The maximum absolute atomic E-state index is 12.8. The molecule has 5 rings (SSSR count). The van der Waals surface area contributed by atoms with E-state index >= 15 is 0 Å². The minimum atomic E-state index is -4.23. The molecule has 0 radical (unpaired) electrons. The summed E-state index contributed by atoms with van der Waals surface area (Å²) >= 11 is 0. The number of hydrogen-bond donors (Lipinski definition) is 1. The summed E-state index contributed by atoms with van der Waals surface area (Å²) in [7, 11) is 0. The van der Waals surface area contributed by atoms with Gasteiger partial charge in [0.15, 0.2) is 0 Å². The summed E-state index contributed by atoms with van der Waals surface area (Å²) in [4.78, 5) is 18.1. The quantitative estimate of drug-likeness (QED) is 0.527. The monoisotopic (exact) mass is 467 g/mol. The van der Waals surface area contributed by atoms with Gasteiger partial charge in [-0.15, -0.1) is 0 Å². The van der Waals surface area contributed by atoms with Crippen LogP contribution in [0, 0.1) is 0 Å². The Morgan fingerprint density at radius 2 is 2.03 bits per heavy atom. The van der Waals surface area contributed by atoms with Crippen LogP contribution in [0.1, 0.15) is 35.6 Å². The van der Waals surface area contributed by atoms with E-state index in [0.29, 0.717) is 24.7 Å². The molecule has 2 aliphatic rings. The lowest BCUT2D eigenvalue weighted by molar-refractivity contribution is -0.147. The minimum absolute atomic E-state index is 0.210. The highest BCUT2D eigenvalue weighted by atomic mass is 19.4. The molecule has 0 atom stereocenters. The number of rotatable bonds is 6. The van der Waals surface area contributed by atoms with E-state index in [-0.39, 0.29) is 12.5 Å². The van der Waals surface area contributed by atoms with E-state index in [2.05, 4.69) is 15.4 Å². The molecular formula is C25H24F3N5O. The number of carbonyl (C=O) groups excluding carboxylic acids is 1. The molecule has 1 aliphatic carbocycles. The lowest BCUT2D eigenvalue weighted by Crippen LogP contribution is -2.38. The van der Waals surface area contributed by atoms with Crippen molar-refractivity contribution in [3.05, 3.63) is 71.8 Å². The average Bonchev–Trinajstić information content (AvgIpc) is 3.53. The highest BCUT2D eigenvalue weighted by molar-refractivity contribution is 6.02. The number of amides is 1. The predicted molar refractivity (Wildman–Crippen MR) is 123 cm³/mol. The molecule has 3 heterocycles. The summed E-state index contributed by atoms with van der Waals surface area (Å²) in [5, 5.41) is 7.24. The fourth-order valence-corrected chi connectivity index (χ4v) is 4.25. The van der Waals surface area contributed by atoms with Crippen molar-refractivity contribution in [3.8, 4) is 11.1 Å². The van der Waals surface area contributed by atoms with Crippen molar-refractivity contribution in [3.63, 3.8) is 0 Å². The van der Waals surface area contributed by atoms with Crippen LogP contribution in [0.5, 0.6) is 0 Å². The summed E-state index contributed by atoms with van der Waals surface area (Å²) in [5.41, 5.74) is 5.07. The molecule has 1 fully saturated rings. The summed E-state index contributed by atoms with van der Waals surface area (Å²) in [6, 6.07) is 7.78. The summed E-state index contributed by atoms with van der Waals surface area (Å²) < 4.78 is 40.2. The Morgan fingerprint density at radius 3 is 2.82 bits per heavy atom. The third-order valence-electron chi connectivity index (χ3n) is 6.07. The van der Waals surface area contributed by atoms with E-state index in [9.17, 15) is 18.0 Å². The smallest absolute Gasteiger partial charge is 0.323 e. The molecular weight excluding hydrogens is 443 g/mol. The third kappa shape index (κ3) is 5.36. The number of nitrogens with zero attached hydrogens (tertiary/aromatic N) is 4. The molecule has 0 spiro atoms. The van der Waals surface area contributed by atoms with Crippen molar-refractivity contribution in [2.24, 2.45) is 0 Å². The van der Waals surface area contributed by atoms with Crippen LogP contribution in [0.3, 0.4) is 0 Å². The topological polar surface area (TPSA) is 63.1 Å². The van der Waals surface area contributed by atoms with Crippen molar-refractivity contribution in [1.29, 1.82) is 0 Å². The SMILES string of the molecule is O=C(C=Cc1cnccc1-c1cnn(C2CC2)c1)Nc1ccc2c(c1)CN(CC(F)(F)F)CC2. The Morgan fingerprint density at radius 1 is 1.18 bits per heavy atom. The molecule has 2 aromatic heterocycles. The first-order valence-electron chi connectivity index (χ1n) is 11.2. The summed E-state index contributed by atoms with van der Waals surface area (Å²) in [6.45, 7) is -0.352. The number of carbonyl (C=O) groups is 1. The van der Waals surface area contributed by atoms with Gasteiger partial charge in [0.1, 0.15) is 0 Å². The third-order valence-corrected chi connectivity index (χ3v) is 6.07. The van der Waals surface area contributed by atoms with Crippen molar-refractivity contribution >= 4 is 17.7 Å². The number of fused-ring (bicyclic) bond motifs is 1. The van der Waals surface area contributed by atoms with Gasteiger partial charge in [-0.05, 0) is 60.2 Å². The summed E-state index contributed by atoms with van der Waals surface area (Å²) in [6.07, 6.45) is 8.99. The van der Waals surface area contributed by atoms with E-state index in [4.69, 9.17) is 0 Å². The number of halogens is 3. The van der Waals surface area contributed by atoms with Crippen LogP contribution < -0.4 is 5.32 Å². The Kier molecular flexibility index (Phi) is 5.95. The number of benzene rings is 1. The van der Waals surface area contributed by atoms with Gasteiger partial charge in [-0.25, -0.2) is 0 Å². The van der Waals surface area contributed by atoms with E-state index in [0.717, 1.165) is 40.7 Å². The van der Waals surface area contributed by atoms with Crippen LogP contribution in [0.2, 0.25) is 0 Å². The Bertz CT molecular complexity index is 1230. The zero-order chi connectivity index (χ0) is 23.7. The predicted octanol–water partition coefficient (Wildman–Crippen LogP) is 4.85. The van der Waals surface area contributed by atoms with E-state index in [1.807, 2.05) is 29.2 Å². The molecule has 34 heavy (non-hydrogen) atoms. The molecule has 1 saturated carbocycles. The number of alkyl halides is 3. The van der Waals surface area contributed by atoms with Gasteiger partial charge < -0.3 is 5.32 Å². The Labute approximate surface area is 195 Å². The number of hydrogen-bond acceptors (Lipinski definition) is 4. The average molecular weight is 467 g/mol. The van der Waals surface area contributed by atoms with E-state index in [1.165, 1.54) is 11.0 Å². The first kappa shape index (κ1) is 22.3. The molecule has 176 valence electrons. The molecule has 0 saturated heterocycles. The van der Waals surface area contributed by atoms with Crippen molar-refractivity contribution < 1.29 is 18.0 Å². The van der Waals surface area contributed by atoms with Gasteiger partial charge in [0, 0.05) is 54.6 Å². The highest BCUT2D eigenvalue weighted by Crippen LogP contribution is 2.35. The zero-order valence-corrected chi connectivity index (χ0v) is 18.4. The number of aromatic nitrogens is 3.